The monoisotopic (exact) mass is 985 g/mol. The molecular formula is C54H71N3O14. The molecular weight excluding hydrogens is 915 g/mol. The molecule has 0 spiro atoms. The topological polar surface area (TPSA) is 203 Å². The van der Waals surface area contributed by atoms with Gasteiger partial charge in [0.1, 0.15) is 36.2 Å². The molecule has 0 aromatic heterocycles. The van der Waals surface area contributed by atoms with E-state index in [-0.39, 0.29) is 81.5 Å². The van der Waals surface area contributed by atoms with Gasteiger partial charge in [-0.05, 0) is 24.0 Å². The summed E-state index contributed by atoms with van der Waals surface area (Å²) in [6.45, 7) is 7.53. The van der Waals surface area contributed by atoms with E-state index in [1.54, 1.807) is 0 Å². The molecule has 0 N–H and O–H groups in total. The summed E-state index contributed by atoms with van der Waals surface area (Å²) in [6.07, 6.45) is 12.4. The number of non-ortho nitro benzene ring substituents is 3. The Kier molecular flexibility index (Phi) is 22.6. The van der Waals surface area contributed by atoms with E-state index in [4.69, 9.17) is 37.9 Å². The highest BCUT2D eigenvalue weighted by Gasteiger charge is 2.28. The molecule has 0 atom stereocenters. The lowest BCUT2D eigenvalue weighted by Gasteiger charge is -2.23. The maximum atomic E-state index is 12.9. The van der Waals surface area contributed by atoms with Gasteiger partial charge in [0.05, 0.1) is 80.8 Å². The SMILES string of the molecule is CCCCCCCCOc1c2cc([N+](=O)[O-])cc1Cc1cc([N+](=O)[O-])cc3c1OCCOCCOCCOCCOCCOc1c(cccc1Cc1cc([N+](=O)[O-])cc(c1OCCCCCCCC)C3)C2. The highest BCUT2D eigenvalue weighted by atomic mass is 16.6. The minimum absolute atomic E-state index is 0.0293. The molecule has 17 heteroatoms. The van der Waals surface area contributed by atoms with Gasteiger partial charge in [-0.15, -0.1) is 0 Å². The number of hydrogen-bond acceptors (Lipinski definition) is 14. The molecule has 0 amide bonds. The summed E-state index contributed by atoms with van der Waals surface area (Å²) >= 11 is 0. The van der Waals surface area contributed by atoms with Gasteiger partial charge < -0.3 is 37.9 Å². The van der Waals surface area contributed by atoms with Gasteiger partial charge in [0, 0.05) is 95.5 Å². The number of ether oxygens (including phenoxy) is 8. The number of benzene rings is 4. The summed E-state index contributed by atoms with van der Waals surface area (Å²) in [5.74, 6) is 1.67. The van der Waals surface area contributed by atoms with Crippen LogP contribution in [0.25, 0.3) is 0 Å². The fourth-order valence-corrected chi connectivity index (χ4v) is 9.07. The fourth-order valence-electron chi connectivity index (χ4n) is 9.07. The summed E-state index contributed by atoms with van der Waals surface area (Å²) in [7, 11) is 0. The van der Waals surface area contributed by atoms with E-state index in [2.05, 4.69) is 13.8 Å². The first kappa shape index (κ1) is 54.5. The van der Waals surface area contributed by atoms with E-state index in [1.165, 1.54) is 36.4 Å². The second-order valence-corrected chi connectivity index (χ2v) is 18.0. The molecule has 0 saturated carbocycles. The Morgan fingerprint density at radius 3 is 1.06 bits per heavy atom. The molecule has 0 fully saturated rings. The van der Waals surface area contributed by atoms with Crippen molar-refractivity contribution in [3.8, 4) is 23.0 Å². The van der Waals surface area contributed by atoms with Crippen LogP contribution in [0.15, 0.2) is 54.6 Å². The zero-order chi connectivity index (χ0) is 50.2. The van der Waals surface area contributed by atoms with Crippen LogP contribution in [0.2, 0.25) is 0 Å². The average molecular weight is 986 g/mol. The summed E-state index contributed by atoms with van der Waals surface area (Å²) in [5, 5.41) is 38.5. The first-order chi connectivity index (χ1) is 34.7. The molecule has 71 heavy (non-hydrogen) atoms. The third-order valence-corrected chi connectivity index (χ3v) is 12.6. The van der Waals surface area contributed by atoms with E-state index in [9.17, 15) is 30.3 Å². The van der Waals surface area contributed by atoms with Crippen LogP contribution in [0.3, 0.4) is 0 Å². The molecule has 1 aliphatic carbocycles. The van der Waals surface area contributed by atoms with Crippen molar-refractivity contribution in [1.29, 1.82) is 0 Å². The third-order valence-electron chi connectivity index (χ3n) is 12.6. The lowest BCUT2D eigenvalue weighted by atomic mass is 9.90. The van der Waals surface area contributed by atoms with Crippen molar-refractivity contribution in [3.05, 3.63) is 129 Å². The first-order valence-electron chi connectivity index (χ1n) is 25.5. The molecule has 4 aromatic carbocycles. The highest BCUT2D eigenvalue weighted by Crippen LogP contribution is 2.42. The van der Waals surface area contributed by atoms with Crippen molar-refractivity contribution in [3.63, 3.8) is 0 Å². The lowest BCUT2D eigenvalue weighted by molar-refractivity contribution is -0.385. The molecule has 6 rings (SSSR count). The minimum Gasteiger partial charge on any atom is -0.493 e. The Morgan fingerprint density at radius 2 is 0.704 bits per heavy atom. The molecule has 386 valence electrons. The van der Waals surface area contributed by atoms with Gasteiger partial charge in [-0.2, -0.15) is 0 Å². The Bertz CT molecular complexity index is 2230. The Hall–Kier alpha value is -5.88. The van der Waals surface area contributed by atoms with E-state index in [0.717, 1.165) is 77.0 Å². The van der Waals surface area contributed by atoms with E-state index >= 15 is 0 Å². The van der Waals surface area contributed by atoms with Crippen LogP contribution in [0.4, 0.5) is 17.1 Å². The predicted octanol–water partition coefficient (Wildman–Crippen LogP) is 11.4. The minimum atomic E-state index is -0.493. The standard InChI is InChI=1S/C54H71N3O14/c1-3-5-7-9-11-13-18-68-52-42-30-40-16-15-17-41-31-43-35-49(56(60)61)37-45(53(43)69-19-14-12-10-8-6-4-2)33-47-39-50(57(62)63)38-46(32-44(52)36-48(34-42)55(58)59)54(47)71-29-27-67-25-23-65-21-20-64-22-24-66-26-28-70-51(40)41/h15-17,34-39H,3-14,18-33H2,1-2H3. The van der Waals surface area contributed by atoms with Crippen LogP contribution in [0.1, 0.15) is 135 Å². The van der Waals surface area contributed by atoms with Crippen LogP contribution >= 0.6 is 0 Å². The van der Waals surface area contributed by atoms with Crippen molar-refractivity contribution < 1.29 is 52.7 Å². The number of nitro benzene ring substituents is 3. The largest absolute Gasteiger partial charge is 0.493 e. The van der Waals surface area contributed by atoms with E-state index in [0.29, 0.717) is 108 Å². The second kappa shape index (κ2) is 29.5. The fraction of sp³-hybridized carbons (Fsp3) is 0.556. The number of nitrogens with zero attached hydrogens (tertiary/aromatic N) is 3. The zero-order valence-electron chi connectivity index (χ0n) is 41.6. The number of rotatable bonds is 19. The van der Waals surface area contributed by atoms with Crippen LogP contribution in [-0.4, -0.2) is 94.1 Å². The molecule has 1 aliphatic heterocycles. The Morgan fingerprint density at radius 1 is 0.408 bits per heavy atom. The second-order valence-electron chi connectivity index (χ2n) is 18.0. The predicted molar refractivity (Wildman–Crippen MR) is 269 cm³/mol. The molecule has 0 radical (unpaired) electrons. The average Bonchev–Trinajstić information content (AvgIpc) is 3.34. The molecule has 17 nitrogen and oxygen atoms in total. The molecule has 4 aromatic rings. The van der Waals surface area contributed by atoms with Gasteiger partial charge in [0.15, 0.2) is 0 Å². The number of fused-ring (bicyclic) bond motifs is 2. The molecule has 0 saturated heterocycles. The van der Waals surface area contributed by atoms with Crippen LogP contribution in [-0.2, 0) is 44.6 Å². The molecule has 1 heterocycles. The quantitative estimate of drug-likeness (QED) is 0.0429. The van der Waals surface area contributed by atoms with Gasteiger partial charge >= 0.3 is 0 Å². The van der Waals surface area contributed by atoms with Crippen LogP contribution < -0.4 is 18.9 Å². The maximum Gasteiger partial charge on any atom is 0.270 e. The van der Waals surface area contributed by atoms with Gasteiger partial charge in [-0.25, -0.2) is 0 Å². The number of para-hydroxylation sites is 1. The number of unbranched alkanes of at least 4 members (excludes halogenated alkanes) is 10. The molecule has 2 aliphatic rings. The third kappa shape index (κ3) is 16.9. The molecule has 10 bridgehead atoms. The smallest absolute Gasteiger partial charge is 0.270 e. The van der Waals surface area contributed by atoms with Crippen molar-refractivity contribution in [2.24, 2.45) is 0 Å². The first-order valence-corrected chi connectivity index (χ1v) is 25.5. The summed E-state index contributed by atoms with van der Waals surface area (Å²) in [5.41, 5.74) is 3.48. The Labute approximate surface area is 416 Å². The van der Waals surface area contributed by atoms with E-state index in [1.807, 2.05) is 18.2 Å². The van der Waals surface area contributed by atoms with Crippen molar-refractivity contribution in [1.82, 2.24) is 0 Å². The number of hydrogen-bond donors (Lipinski definition) is 0. The Balaban J connectivity index is 1.58. The summed E-state index contributed by atoms with van der Waals surface area (Å²) in [4.78, 5) is 37.1. The van der Waals surface area contributed by atoms with Gasteiger partial charge in [-0.3, -0.25) is 30.3 Å². The number of nitro groups is 3. The van der Waals surface area contributed by atoms with Crippen molar-refractivity contribution in [2.45, 2.75) is 117 Å². The van der Waals surface area contributed by atoms with Gasteiger partial charge in [-0.1, -0.05) is 96.3 Å². The van der Waals surface area contributed by atoms with E-state index < -0.39 is 14.8 Å². The summed E-state index contributed by atoms with van der Waals surface area (Å²) in [6, 6.07) is 14.5. The van der Waals surface area contributed by atoms with Crippen molar-refractivity contribution >= 4 is 17.1 Å². The van der Waals surface area contributed by atoms with Crippen molar-refractivity contribution in [2.75, 3.05) is 79.3 Å². The van der Waals surface area contributed by atoms with Gasteiger partial charge in [0.25, 0.3) is 17.1 Å². The van der Waals surface area contributed by atoms with Crippen LogP contribution in [0, 0.1) is 30.3 Å². The summed E-state index contributed by atoms with van der Waals surface area (Å²) < 4.78 is 49.8. The van der Waals surface area contributed by atoms with Gasteiger partial charge in [0.2, 0.25) is 0 Å². The van der Waals surface area contributed by atoms with Crippen LogP contribution in [0.5, 0.6) is 23.0 Å². The maximum absolute atomic E-state index is 12.9. The normalized spacial score (nSPS) is 15.0. The highest BCUT2D eigenvalue weighted by molar-refractivity contribution is 5.61. The zero-order valence-corrected chi connectivity index (χ0v) is 41.6. The lowest BCUT2D eigenvalue weighted by Crippen LogP contribution is -2.15. The molecule has 0 unspecified atom stereocenters.